The molecule has 0 spiro atoms. The van der Waals surface area contributed by atoms with Crippen molar-refractivity contribution in [3.05, 3.63) is 27.9 Å². The lowest BCUT2D eigenvalue weighted by molar-refractivity contribution is 0.160. The minimum absolute atomic E-state index is 0.0962. The fourth-order valence-electron chi connectivity index (χ4n) is 0.861. The summed E-state index contributed by atoms with van der Waals surface area (Å²) in [6.07, 6.45) is 1.92. The summed E-state index contributed by atoms with van der Waals surface area (Å²) < 4.78 is 1.22. The largest absolute Gasteiger partial charge is 0.390 e. The molecule has 0 aromatic carbocycles. The van der Waals surface area contributed by atoms with E-state index < -0.39 is 11.8 Å². The minimum atomic E-state index is -0.752. The fourth-order valence-corrected chi connectivity index (χ4v) is 1.03. The quantitative estimate of drug-likeness (QED) is 0.675. The topological polar surface area (TPSA) is 81.1 Å². The van der Waals surface area contributed by atoms with Gasteiger partial charge >= 0.3 is 5.69 Å². The molecule has 0 amide bonds. The Kier molecular flexibility index (Phi) is 3.41. The highest BCUT2D eigenvalue weighted by molar-refractivity contribution is 6.30. The molecule has 0 aliphatic rings. The van der Waals surface area contributed by atoms with Crippen molar-refractivity contribution in [2.24, 2.45) is 5.73 Å². The molecule has 0 unspecified atom stereocenters. The summed E-state index contributed by atoms with van der Waals surface area (Å²) in [6, 6.07) is 0. The summed E-state index contributed by atoms with van der Waals surface area (Å²) in [7, 11) is 0. The van der Waals surface area contributed by atoms with Crippen molar-refractivity contribution in [1.82, 2.24) is 9.55 Å². The first-order chi connectivity index (χ1) is 6.13. The molecule has 0 saturated carbocycles. The molecule has 0 aliphatic carbocycles. The number of hydrogen-bond donors (Lipinski definition) is 2. The van der Waals surface area contributed by atoms with E-state index in [0.29, 0.717) is 5.02 Å². The van der Waals surface area contributed by atoms with Crippen LogP contribution in [0.4, 0.5) is 0 Å². The van der Waals surface area contributed by atoms with Gasteiger partial charge in [0, 0.05) is 12.7 Å². The van der Waals surface area contributed by atoms with Crippen LogP contribution in [0.2, 0.25) is 5.02 Å². The number of halogens is 1. The van der Waals surface area contributed by atoms with Gasteiger partial charge in [0.2, 0.25) is 0 Å². The van der Waals surface area contributed by atoms with Crippen LogP contribution in [-0.2, 0) is 6.54 Å². The van der Waals surface area contributed by atoms with Crippen LogP contribution in [0.3, 0.4) is 0 Å². The number of aliphatic hydroxyl groups excluding tert-OH is 1. The SMILES string of the molecule is NC[C@H](O)Cn1cc(Cl)cnc1=O. The second-order valence-corrected chi connectivity index (χ2v) is 3.03. The van der Waals surface area contributed by atoms with Crippen molar-refractivity contribution >= 4 is 11.6 Å². The summed E-state index contributed by atoms with van der Waals surface area (Å²) in [4.78, 5) is 14.6. The molecule has 1 aromatic heterocycles. The number of nitrogens with two attached hydrogens (primary N) is 1. The van der Waals surface area contributed by atoms with E-state index in [1.54, 1.807) is 0 Å². The zero-order valence-corrected chi connectivity index (χ0v) is 7.61. The second kappa shape index (κ2) is 4.36. The third-order valence-corrected chi connectivity index (χ3v) is 1.70. The predicted octanol–water partition coefficient (Wildman–Crippen LogP) is -0.784. The van der Waals surface area contributed by atoms with Crippen molar-refractivity contribution in [2.75, 3.05) is 6.54 Å². The van der Waals surface area contributed by atoms with Crippen LogP contribution in [0, 0.1) is 0 Å². The molecule has 0 bridgehead atoms. The Morgan fingerprint density at radius 3 is 3.08 bits per heavy atom. The number of aliphatic hydroxyl groups is 1. The first kappa shape index (κ1) is 10.2. The molecule has 13 heavy (non-hydrogen) atoms. The summed E-state index contributed by atoms with van der Waals surface area (Å²) >= 11 is 5.61. The summed E-state index contributed by atoms with van der Waals surface area (Å²) in [5, 5.41) is 9.52. The van der Waals surface area contributed by atoms with Gasteiger partial charge in [-0.15, -0.1) is 0 Å². The molecule has 0 radical (unpaired) electrons. The van der Waals surface area contributed by atoms with Crippen LogP contribution < -0.4 is 11.4 Å². The minimum Gasteiger partial charge on any atom is -0.390 e. The van der Waals surface area contributed by atoms with E-state index in [9.17, 15) is 9.90 Å². The lowest BCUT2D eigenvalue weighted by Gasteiger charge is -2.09. The average Bonchev–Trinajstić information content (AvgIpc) is 2.11. The summed E-state index contributed by atoms with van der Waals surface area (Å²) in [6.45, 7) is 0.210. The van der Waals surface area contributed by atoms with Crippen molar-refractivity contribution in [1.29, 1.82) is 0 Å². The van der Waals surface area contributed by atoms with Crippen molar-refractivity contribution < 1.29 is 5.11 Å². The maximum absolute atomic E-state index is 11.1. The number of rotatable bonds is 3. The van der Waals surface area contributed by atoms with Crippen LogP contribution in [0.25, 0.3) is 0 Å². The standard InChI is InChI=1S/C7H10ClN3O2/c8-5-2-10-7(13)11(3-5)4-6(12)1-9/h2-3,6,12H,1,4,9H2/t6-/m0/s1. The molecule has 6 heteroatoms. The third kappa shape index (κ3) is 2.80. The summed E-state index contributed by atoms with van der Waals surface area (Å²) in [5.74, 6) is 0. The Morgan fingerprint density at radius 1 is 1.77 bits per heavy atom. The Bertz CT molecular complexity index is 339. The van der Waals surface area contributed by atoms with Gasteiger partial charge < -0.3 is 10.8 Å². The van der Waals surface area contributed by atoms with Gasteiger partial charge in [-0.05, 0) is 0 Å². The molecule has 1 rings (SSSR count). The van der Waals surface area contributed by atoms with Gasteiger partial charge in [-0.2, -0.15) is 0 Å². The van der Waals surface area contributed by atoms with Crippen molar-refractivity contribution in [2.45, 2.75) is 12.6 Å². The Hall–Kier alpha value is -0.910. The van der Waals surface area contributed by atoms with E-state index in [1.165, 1.54) is 17.0 Å². The van der Waals surface area contributed by atoms with Gasteiger partial charge in [-0.1, -0.05) is 11.6 Å². The molecule has 0 aliphatic heterocycles. The maximum Gasteiger partial charge on any atom is 0.347 e. The van der Waals surface area contributed by atoms with Crippen LogP contribution in [-0.4, -0.2) is 27.3 Å². The average molecular weight is 204 g/mol. The van der Waals surface area contributed by atoms with Gasteiger partial charge in [0.05, 0.1) is 23.9 Å². The van der Waals surface area contributed by atoms with E-state index in [-0.39, 0.29) is 13.1 Å². The monoisotopic (exact) mass is 203 g/mol. The first-order valence-electron chi connectivity index (χ1n) is 3.73. The molecular formula is C7H10ClN3O2. The molecule has 1 heterocycles. The van der Waals surface area contributed by atoms with Gasteiger partial charge in [-0.3, -0.25) is 4.57 Å². The van der Waals surface area contributed by atoms with E-state index in [2.05, 4.69) is 4.98 Å². The Labute approximate surface area is 79.8 Å². The van der Waals surface area contributed by atoms with Crippen molar-refractivity contribution in [3.8, 4) is 0 Å². The summed E-state index contributed by atoms with van der Waals surface area (Å²) in [5.41, 5.74) is 4.74. The van der Waals surface area contributed by atoms with E-state index in [0.717, 1.165) is 0 Å². The Morgan fingerprint density at radius 2 is 2.46 bits per heavy atom. The second-order valence-electron chi connectivity index (χ2n) is 2.60. The number of hydrogen-bond acceptors (Lipinski definition) is 4. The zero-order valence-electron chi connectivity index (χ0n) is 6.85. The van der Waals surface area contributed by atoms with Crippen LogP contribution in [0.15, 0.2) is 17.2 Å². The van der Waals surface area contributed by atoms with Crippen LogP contribution in [0.5, 0.6) is 0 Å². The van der Waals surface area contributed by atoms with E-state index in [1.807, 2.05) is 0 Å². The van der Waals surface area contributed by atoms with Gasteiger partial charge in [0.15, 0.2) is 0 Å². The Balaban J connectivity index is 2.87. The highest BCUT2D eigenvalue weighted by atomic mass is 35.5. The smallest absolute Gasteiger partial charge is 0.347 e. The molecular weight excluding hydrogens is 194 g/mol. The van der Waals surface area contributed by atoms with Gasteiger partial charge in [0.1, 0.15) is 0 Å². The molecule has 1 atom stereocenters. The lowest BCUT2D eigenvalue weighted by atomic mass is 10.3. The number of aromatic nitrogens is 2. The van der Waals surface area contributed by atoms with Crippen molar-refractivity contribution in [3.63, 3.8) is 0 Å². The number of nitrogens with zero attached hydrogens (tertiary/aromatic N) is 2. The van der Waals surface area contributed by atoms with E-state index >= 15 is 0 Å². The van der Waals surface area contributed by atoms with Crippen LogP contribution >= 0.6 is 11.6 Å². The molecule has 0 saturated heterocycles. The highest BCUT2D eigenvalue weighted by Gasteiger charge is 2.04. The molecule has 72 valence electrons. The first-order valence-corrected chi connectivity index (χ1v) is 4.11. The van der Waals surface area contributed by atoms with E-state index in [4.69, 9.17) is 17.3 Å². The van der Waals surface area contributed by atoms with Gasteiger partial charge in [-0.25, -0.2) is 9.78 Å². The third-order valence-electron chi connectivity index (χ3n) is 1.50. The normalized spacial score (nSPS) is 12.8. The fraction of sp³-hybridized carbons (Fsp3) is 0.429. The lowest BCUT2D eigenvalue weighted by Crippen LogP contribution is -2.31. The molecule has 5 nitrogen and oxygen atoms in total. The van der Waals surface area contributed by atoms with Crippen LogP contribution in [0.1, 0.15) is 0 Å². The molecule has 3 N–H and O–H groups in total. The van der Waals surface area contributed by atoms with Gasteiger partial charge in [0.25, 0.3) is 0 Å². The zero-order chi connectivity index (χ0) is 9.84. The molecule has 0 fully saturated rings. The maximum atomic E-state index is 11.1. The highest BCUT2D eigenvalue weighted by Crippen LogP contribution is 2.01. The molecule has 1 aromatic rings. The predicted molar refractivity (Wildman–Crippen MR) is 48.6 cm³/mol.